The number of hydrogen-bond acceptors (Lipinski definition) is 2. The number of rotatable bonds is 2. The summed E-state index contributed by atoms with van der Waals surface area (Å²) in [7, 11) is 0. The summed E-state index contributed by atoms with van der Waals surface area (Å²) < 4.78 is 0. The molecule has 0 saturated carbocycles. The van der Waals surface area contributed by atoms with E-state index in [1.807, 2.05) is 12.1 Å². The van der Waals surface area contributed by atoms with Crippen LogP contribution in [0, 0.1) is 6.07 Å². The Kier molecular flexibility index (Phi) is 2.58. The Morgan fingerprint density at radius 1 is 1.78 bits per heavy atom. The van der Waals surface area contributed by atoms with Crippen molar-refractivity contribution in [2.45, 2.75) is 11.9 Å². The van der Waals surface area contributed by atoms with Crippen LogP contribution >= 0.6 is 11.8 Å². The van der Waals surface area contributed by atoms with Crippen molar-refractivity contribution >= 4 is 11.8 Å². The maximum Gasteiger partial charge on any atom is 0.104 e. The van der Waals surface area contributed by atoms with E-state index < -0.39 is 0 Å². The Balaban J connectivity index is 2.61. The molecule has 0 N–H and O–H groups in total. The van der Waals surface area contributed by atoms with Gasteiger partial charge >= 0.3 is 0 Å². The molecule has 2 heteroatoms. The lowest BCUT2D eigenvalue weighted by Crippen LogP contribution is -1.76. The average Bonchev–Trinajstić information content (AvgIpc) is 1.91. The third kappa shape index (κ3) is 2.06. The van der Waals surface area contributed by atoms with Crippen molar-refractivity contribution in [1.29, 1.82) is 0 Å². The van der Waals surface area contributed by atoms with E-state index in [2.05, 4.69) is 18.0 Å². The molecule has 0 bridgehead atoms. The fourth-order valence-electron chi connectivity index (χ4n) is 0.526. The van der Waals surface area contributed by atoms with Gasteiger partial charge in [0.05, 0.1) is 0 Å². The fraction of sp³-hybridized carbons (Fsp3) is 0.286. The molecule has 0 atom stereocenters. The van der Waals surface area contributed by atoms with E-state index >= 15 is 0 Å². The van der Waals surface area contributed by atoms with Gasteiger partial charge in [-0.25, -0.2) is 4.98 Å². The molecule has 1 radical (unpaired) electrons. The summed E-state index contributed by atoms with van der Waals surface area (Å²) in [6.45, 7) is 2.10. The molecule has 9 heavy (non-hydrogen) atoms. The summed E-state index contributed by atoms with van der Waals surface area (Å²) >= 11 is 1.71. The van der Waals surface area contributed by atoms with E-state index in [0.717, 1.165) is 10.8 Å². The van der Waals surface area contributed by atoms with Crippen molar-refractivity contribution in [3.05, 3.63) is 24.4 Å². The molecule has 1 aromatic heterocycles. The molecule has 0 aliphatic heterocycles. The van der Waals surface area contributed by atoms with Crippen LogP contribution < -0.4 is 0 Å². The van der Waals surface area contributed by atoms with Crippen LogP contribution in [0.5, 0.6) is 0 Å². The first-order valence-corrected chi connectivity index (χ1v) is 3.87. The summed E-state index contributed by atoms with van der Waals surface area (Å²) in [4.78, 5) is 4.08. The van der Waals surface area contributed by atoms with Gasteiger partial charge in [-0.1, -0.05) is 13.0 Å². The quantitative estimate of drug-likeness (QED) is 0.580. The van der Waals surface area contributed by atoms with Gasteiger partial charge in [0.25, 0.3) is 0 Å². The molecule has 0 fully saturated rings. The molecule has 0 aromatic carbocycles. The lowest BCUT2D eigenvalue weighted by atomic mass is 10.5. The zero-order valence-electron chi connectivity index (χ0n) is 5.29. The molecule has 0 spiro atoms. The van der Waals surface area contributed by atoms with Gasteiger partial charge < -0.3 is 0 Å². The molecule has 1 rings (SSSR count). The van der Waals surface area contributed by atoms with Gasteiger partial charge in [0.1, 0.15) is 5.03 Å². The summed E-state index contributed by atoms with van der Waals surface area (Å²) in [5, 5.41) is 0.986. The van der Waals surface area contributed by atoms with E-state index in [1.54, 1.807) is 18.0 Å². The van der Waals surface area contributed by atoms with Crippen LogP contribution in [0.25, 0.3) is 0 Å². The monoisotopic (exact) mass is 138 g/mol. The predicted molar refractivity (Wildman–Crippen MR) is 39.5 cm³/mol. The van der Waals surface area contributed by atoms with Gasteiger partial charge in [0.15, 0.2) is 0 Å². The van der Waals surface area contributed by atoms with Crippen LogP contribution in [-0.4, -0.2) is 10.7 Å². The van der Waals surface area contributed by atoms with Gasteiger partial charge in [-0.15, -0.1) is 11.8 Å². The second kappa shape index (κ2) is 3.51. The number of nitrogens with zero attached hydrogens (tertiary/aromatic N) is 1. The Labute approximate surface area is 59.5 Å². The van der Waals surface area contributed by atoms with Crippen molar-refractivity contribution in [1.82, 2.24) is 4.98 Å². The highest BCUT2D eigenvalue weighted by molar-refractivity contribution is 7.99. The van der Waals surface area contributed by atoms with E-state index in [4.69, 9.17) is 0 Å². The number of hydrogen-bond donors (Lipinski definition) is 0. The topological polar surface area (TPSA) is 12.9 Å². The third-order valence-electron chi connectivity index (χ3n) is 0.862. The molecule has 47 valence electrons. The standard InChI is InChI=1S/C7H8NS/c1-2-9-7-5-3-4-6-8-7/h3-4,6H,2H2,1H3. The van der Waals surface area contributed by atoms with E-state index in [-0.39, 0.29) is 0 Å². The molecule has 0 aliphatic carbocycles. The van der Waals surface area contributed by atoms with E-state index in [0.29, 0.717) is 0 Å². The fourth-order valence-corrected chi connectivity index (χ4v) is 1.09. The highest BCUT2D eigenvalue weighted by Gasteiger charge is 1.87. The van der Waals surface area contributed by atoms with Gasteiger partial charge in [-0.05, 0) is 11.8 Å². The average molecular weight is 138 g/mol. The number of pyridine rings is 1. The molecule has 0 unspecified atom stereocenters. The van der Waals surface area contributed by atoms with Crippen molar-refractivity contribution in [3.63, 3.8) is 0 Å². The summed E-state index contributed by atoms with van der Waals surface area (Å²) in [5.74, 6) is 1.06. The van der Waals surface area contributed by atoms with Gasteiger partial charge in [-0.2, -0.15) is 0 Å². The minimum absolute atomic E-state index is 0.986. The molecule has 0 amide bonds. The maximum atomic E-state index is 4.08. The van der Waals surface area contributed by atoms with Crippen molar-refractivity contribution in [3.8, 4) is 0 Å². The van der Waals surface area contributed by atoms with Crippen molar-refractivity contribution in [2.24, 2.45) is 0 Å². The van der Waals surface area contributed by atoms with Crippen molar-refractivity contribution < 1.29 is 0 Å². The molecule has 1 aromatic rings. The number of aromatic nitrogens is 1. The van der Waals surface area contributed by atoms with Gasteiger partial charge in [-0.3, -0.25) is 0 Å². The van der Waals surface area contributed by atoms with Crippen LogP contribution in [0.15, 0.2) is 23.4 Å². The van der Waals surface area contributed by atoms with Crippen LogP contribution in [0.4, 0.5) is 0 Å². The smallest absolute Gasteiger partial charge is 0.104 e. The highest BCUT2D eigenvalue weighted by Crippen LogP contribution is 2.11. The minimum atomic E-state index is 0.986. The van der Waals surface area contributed by atoms with Crippen LogP contribution in [-0.2, 0) is 0 Å². The Bertz CT molecular complexity index is 162. The largest absolute Gasteiger partial charge is 0.249 e. The van der Waals surface area contributed by atoms with Gasteiger partial charge in [0, 0.05) is 12.3 Å². The highest BCUT2D eigenvalue weighted by atomic mass is 32.2. The summed E-state index contributed by atoms with van der Waals surface area (Å²) in [6.07, 6.45) is 1.79. The molecule has 1 nitrogen and oxygen atoms in total. The lowest BCUT2D eigenvalue weighted by Gasteiger charge is -1.91. The molecular weight excluding hydrogens is 130 g/mol. The zero-order chi connectivity index (χ0) is 6.53. The Hall–Kier alpha value is -0.500. The first-order valence-electron chi connectivity index (χ1n) is 2.89. The summed E-state index contributed by atoms with van der Waals surface area (Å²) in [6, 6.07) is 6.78. The lowest BCUT2D eigenvalue weighted by molar-refractivity contribution is 1.13. The van der Waals surface area contributed by atoms with E-state index in [1.165, 1.54) is 0 Å². The SMILES string of the molecule is CCSc1[c]cccn1. The maximum absolute atomic E-state index is 4.08. The minimum Gasteiger partial charge on any atom is -0.249 e. The molecule has 1 heterocycles. The van der Waals surface area contributed by atoms with Crippen LogP contribution in [0.1, 0.15) is 6.92 Å². The normalized spacial score (nSPS) is 9.44. The zero-order valence-corrected chi connectivity index (χ0v) is 6.11. The molecular formula is C7H8NS. The van der Waals surface area contributed by atoms with Gasteiger partial charge in [0.2, 0.25) is 0 Å². The summed E-state index contributed by atoms with van der Waals surface area (Å²) in [5.41, 5.74) is 0. The molecule has 0 aliphatic rings. The third-order valence-corrected chi connectivity index (χ3v) is 1.65. The van der Waals surface area contributed by atoms with Crippen LogP contribution in [0.3, 0.4) is 0 Å². The van der Waals surface area contributed by atoms with Crippen molar-refractivity contribution in [2.75, 3.05) is 5.75 Å². The first-order chi connectivity index (χ1) is 4.43. The Morgan fingerprint density at radius 2 is 2.67 bits per heavy atom. The second-order valence-electron chi connectivity index (χ2n) is 1.52. The van der Waals surface area contributed by atoms with Crippen LogP contribution in [0.2, 0.25) is 0 Å². The predicted octanol–water partition coefficient (Wildman–Crippen LogP) is 1.99. The number of thioether (sulfide) groups is 1. The first kappa shape index (κ1) is 6.62. The Morgan fingerprint density at radius 3 is 3.22 bits per heavy atom. The second-order valence-corrected chi connectivity index (χ2v) is 2.77. The van der Waals surface area contributed by atoms with E-state index in [9.17, 15) is 0 Å². The molecule has 0 saturated heterocycles.